The molecule has 3 atom stereocenters. The molecule has 0 aromatic heterocycles. The molecule has 1 fully saturated rings. The number of carbonyl (C=O) groups excluding carboxylic acids is 3. The maximum absolute atomic E-state index is 13.4. The number of ketones is 1. The predicted molar refractivity (Wildman–Crippen MR) is 118 cm³/mol. The Labute approximate surface area is 180 Å². The van der Waals surface area contributed by atoms with Crippen LogP contribution in [0.1, 0.15) is 13.8 Å². The Balaban J connectivity index is 2.51. The van der Waals surface area contributed by atoms with Gasteiger partial charge in [-0.2, -0.15) is 0 Å². The quantitative estimate of drug-likeness (QED) is 0.228. The normalized spacial score (nSPS) is 30.8. The molecular weight excluding hydrogens is 420 g/mol. The summed E-state index contributed by atoms with van der Waals surface area (Å²) in [6.07, 6.45) is 2.85. The second kappa shape index (κ2) is 7.85. The van der Waals surface area contributed by atoms with Gasteiger partial charge in [-0.1, -0.05) is 32.3 Å². The lowest BCUT2D eigenvalue weighted by atomic mass is 9.68. The van der Waals surface area contributed by atoms with E-state index in [-0.39, 0.29) is 18.8 Å². The fourth-order valence-corrected chi connectivity index (χ4v) is 5.65. The Bertz CT molecular complexity index is 792. The molecule has 1 saturated heterocycles. The van der Waals surface area contributed by atoms with E-state index in [0.29, 0.717) is 0 Å². The molecule has 0 aliphatic carbocycles. The molecule has 0 saturated carbocycles. The Morgan fingerprint density at radius 3 is 2.23 bits per heavy atom. The molecule has 168 valence electrons. The van der Waals surface area contributed by atoms with Crippen molar-refractivity contribution >= 4 is 34.1 Å². The molecule has 0 aromatic rings. The molecule has 7 nitrogen and oxygen atoms in total. The molecule has 2 aliphatic heterocycles. The lowest BCUT2D eigenvalue weighted by Gasteiger charge is -2.42. The van der Waals surface area contributed by atoms with E-state index in [4.69, 9.17) is 18.6 Å². The average Bonchev–Trinajstić information content (AvgIpc) is 2.97. The Morgan fingerprint density at radius 2 is 1.73 bits per heavy atom. The van der Waals surface area contributed by atoms with Gasteiger partial charge in [-0.25, -0.2) is 4.79 Å². The lowest BCUT2D eigenvalue weighted by molar-refractivity contribution is -0.209. The summed E-state index contributed by atoms with van der Waals surface area (Å²) in [5.74, 6) is -3.80. The molecule has 0 aromatic carbocycles. The average molecular weight is 455 g/mol. The number of esters is 2. The third-order valence-electron chi connectivity index (χ3n) is 5.19. The molecule has 2 heterocycles. The van der Waals surface area contributed by atoms with Gasteiger partial charge in [-0.15, -0.1) is 0 Å². The van der Waals surface area contributed by atoms with E-state index in [1.807, 2.05) is 19.6 Å². The van der Waals surface area contributed by atoms with Crippen molar-refractivity contribution in [3.8, 4) is 0 Å². The van der Waals surface area contributed by atoms with E-state index in [1.54, 1.807) is 0 Å². The maximum atomic E-state index is 13.4. The van der Waals surface area contributed by atoms with Crippen LogP contribution in [0.3, 0.4) is 0 Å². The van der Waals surface area contributed by atoms with Crippen LogP contribution in [0.15, 0.2) is 24.3 Å². The van der Waals surface area contributed by atoms with E-state index < -0.39 is 50.9 Å². The van der Waals surface area contributed by atoms with Crippen molar-refractivity contribution in [2.75, 3.05) is 13.2 Å². The van der Waals surface area contributed by atoms with Gasteiger partial charge in [0.15, 0.2) is 19.5 Å². The summed E-state index contributed by atoms with van der Waals surface area (Å²) in [6, 6.07) is 0.757. The number of fused-ring (bicyclic) bond motifs is 2. The van der Waals surface area contributed by atoms with Crippen LogP contribution in [-0.2, 0) is 33.0 Å². The van der Waals surface area contributed by atoms with E-state index in [9.17, 15) is 14.4 Å². The molecular formula is C21H34O7Si2. The van der Waals surface area contributed by atoms with Gasteiger partial charge in [0.1, 0.15) is 12.2 Å². The minimum absolute atomic E-state index is 0.0127. The van der Waals surface area contributed by atoms with Gasteiger partial charge in [-0.05, 0) is 45.6 Å². The van der Waals surface area contributed by atoms with Crippen LogP contribution < -0.4 is 0 Å². The van der Waals surface area contributed by atoms with Crippen LogP contribution in [0.25, 0.3) is 0 Å². The highest BCUT2D eigenvalue weighted by Gasteiger charge is 2.79. The van der Waals surface area contributed by atoms with Crippen molar-refractivity contribution in [1.29, 1.82) is 0 Å². The third kappa shape index (κ3) is 4.25. The topological polar surface area (TPSA) is 88.1 Å². The van der Waals surface area contributed by atoms with Crippen molar-refractivity contribution in [3.63, 3.8) is 0 Å². The summed E-state index contributed by atoms with van der Waals surface area (Å²) in [7, 11) is -3.87. The minimum Gasteiger partial charge on any atom is -0.465 e. The summed E-state index contributed by atoms with van der Waals surface area (Å²) in [6.45, 7) is 18.9. The summed E-state index contributed by atoms with van der Waals surface area (Å²) in [5, 5.41) is 0. The predicted octanol–water partition coefficient (Wildman–Crippen LogP) is 3.45. The molecule has 9 heteroatoms. The van der Waals surface area contributed by atoms with E-state index >= 15 is 0 Å². The van der Waals surface area contributed by atoms with Crippen LogP contribution in [0.5, 0.6) is 0 Å². The Morgan fingerprint density at radius 1 is 1.13 bits per heavy atom. The standard InChI is InChI=1S/C21H34O7Si2/c1-10-11-25-16(22)15-14-19(2)17(23)20(3,18(24)26-12-13-29(4,5)6)21(15,27-19)28-30(7,8)9/h10,14H,1,11-13H2,2-9H3/t19-,20+,21-/m0/s1. The Kier molecular flexibility index (Phi) is 6.47. The van der Waals surface area contributed by atoms with Crippen LogP contribution in [0.2, 0.25) is 45.3 Å². The summed E-state index contributed by atoms with van der Waals surface area (Å²) in [4.78, 5) is 39.5. The first-order valence-electron chi connectivity index (χ1n) is 10.2. The second-order valence-electron chi connectivity index (χ2n) is 10.4. The number of carbonyl (C=O) groups is 3. The first-order chi connectivity index (χ1) is 13.5. The summed E-state index contributed by atoms with van der Waals surface area (Å²) < 4.78 is 23.2. The zero-order valence-electron chi connectivity index (χ0n) is 19.3. The van der Waals surface area contributed by atoms with Gasteiger partial charge in [0.25, 0.3) is 0 Å². The number of ether oxygens (including phenoxy) is 3. The maximum Gasteiger partial charge on any atom is 0.339 e. The highest BCUT2D eigenvalue weighted by atomic mass is 28.4. The largest absolute Gasteiger partial charge is 0.465 e. The molecule has 0 amide bonds. The van der Waals surface area contributed by atoms with Gasteiger partial charge >= 0.3 is 11.9 Å². The summed E-state index contributed by atoms with van der Waals surface area (Å²) in [5.41, 5.74) is -3.27. The SMILES string of the molecule is C=CCOC(=O)C1=C[C@]2(C)O[C@@]1(O[Si](C)(C)C)[C@@](C)(C(=O)OCC[Si](C)(C)C)C2=O. The van der Waals surface area contributed by atoms with E-state index in [0.717, 1.165) is 6.04 Å². The fourth-order valence-electron chi connectivity index (χ4n) is 3.72. The third-order valence-corrected chi connectivity index (χ3v) is 7.79. The molecule has 0 spiro atoms. The van der Waals surface area contributed by atoms with Crippen LogP contribution in [0.4, 0.5) is 0 Å². The van der Waals surface area contributed by atoms with E-state index in [2.05, 4.69) is 26.2 Å². The molecule has 0 unspecified atom stereocenters. The molecule has 2 bridgehead atoms. The van der Waals surface area contributed by atoms with Gasteiger partial charge in [0.05, 0.1) is 12.2 Å². The number of hydrogen-bond donors (Lipinski definition) is 0. The highest BCUT2D eigenvalue weighted by molar-refractivity contribution is 6.76. The molecule has 2 rings (SSSR count). The smallest absolute Gasteiger partial charge is 0.339 e. The van der Waals surface area contributed by atoms with Gasteiger partial charge < -0.3 is 18.6 Å². The van der Waals surface area contributed by atoms with Crippen molar-refractivity contribution < 1.29 is 33.0 Å². The van der Waals surface area contributed by atoms with Crippen molar-refractivity contribution in [1.82, 2.24) is 0 Å². The number of rotatable bonds is 9. The highest BCUT2D eigenvalue weighted by Crippen LogP contribution is 2.60. The second-order valence-corrected chi connectivity index (χ2v) is 20.4. The van der Waals surface area contributed by atoms with Crippen LogP contribution in [-0.4, -0.2) is 58.7 Å². The van der Waals surface area contributed by atoms with E-state index in [1.165, 1.54) is 26.0 Å². The molecule has 2 aliphatic rings. The molecule has 30 heavy (non-hydrogen) atoms. The fraction of sp³-hybridized carbons (Fsp3) is 0.667. The summed E-state index contributed by atoms with van der Waals surface area (Å²) >= 11 is 0. The zero-order chi connectivity index (χ0) is 23.2. The van der Waals surface area contributed by atoms with Gasteiger partial charge in [0, 0.05) is 8.07 Å². The van der Waals surface area contributed by atoms with Crippen LogP contribution in [0, 0.1) is 5.41 Å². The molecule has 0 radical (unpaired) electrons. The minimum atomic E-state index is -2.41. The Hall–Kier alpha value is -1.56. The number of Topliss-reactive ketones (excluding diaryl/α,β-unsaturated/α-hetero) is 1. The van der Waals surface area contributed by atoms with Crippen molar-refractivity contribution in [2.45, 2.75) is 70.6 Å². The monoisotopic (exact) mass is 454 g/mol. The van der Waals surface area contributed by atoms with Crippen molar-refractivity contribution in [2.24, 2.45) is 5.41 Å². The molecule has 0 N–H and O–H groups in total. The zero-order valence-corrected chi connectivity index (χ0v) is 21.3. The van der Waals surface area contributed by atoms with Gasteiger partial charge in [-0.3, -0.25) is 9.59 Å². The van der Waals surface area contributed by atoms with Crippen LogP contribution >= 0.6 is 0 Å². The van der Waals surface area contributed by atoms with Crippen molar-refractivity contribution in [3.05, 3.63) is 24.3 Å². The van der Waals surface area contributed by atoms with Gasteiger partial charge in [0.2, 0.25) is 5.79 Å². The first-order valence-corrected chi connectivity index (χ1v) is 17.3. The lowest BCUT2D eigenvalue weighted by Crippen LogP contribution is -2.60. The first kappa shape index (κ1) is 24.7. The number of hydrogen-bond acceptors (Lipinski definition) is 7.